The number of amides is 2. The normalized spacial score (nSPS) is 12.4. The van der Waals surface area contributed by atoms with Crippen molar-refractivity contribution in [3.63, 3.8) is 0 Å². The number of ether oxygens (including phenoxy) is 1. The van der Waals surface area contributed by atoms with E-state index < -0.39 is 0 Å². The maximum absolute atomic E-state index is 13.4. The lowest BCUT2D eigenvalue weighted by Gasteiger charge is -2.09. The van der Waals surface area contributed by atoms with Crippen LogP contribution in [0.1, 0.15) is 11.1 Å². The Morgan fingerprint density at radius 3 is 2.95 bits per heavy atom. The van der Waals surface area contributed by atoms with Crippen molar-refractivity contribution in [1.82, 2.24) is 5.32 Å². The number of fused-ring (bicyclic) bond motifs is 1. The summed E-state index contributed by atoms with van der Waals surface area (Å²) in [7, 11) is 0. The molecule has 0 unspecified atom stereocenters. The van der Waals surface area contributed by atoms with Crippen LogP contribution in [0.25, 0.3) is 0 Å². The van der Waals surface area contributed by atoms with Gasteiger partial charge in [0.1, 0.15) is 11.6 Å². The van der Waals surface area contributed by atoms with Gasteiger partial charge in [-0.25, -0.2) is 9.18 Å². The number of benzene rings is 2. The summed E-state index contributed by atoms with van der Waals surface area (Å²) in [6.45, 7) is 0.824. The number of urea groups is 1. The molecular formula is C16H15FN2O2. The van der Waals surface area contributed by atoms with Crippen molar-refractivity contribution in [2.24, 2.45) is 0 Å². The van der Waals surface area contributed by atoms with Crippen LogP contribution in [-0.2, 0) is 13.0 Å². The van der Waals surface area contributed by atoms with Gasteiger partial charge in [0.05, 0.1) is 6.61 Å². The van der Waals surface area contributed by atoms with Gasteiger partial charge in [0, 0.05) is 24.2 Å². The molecule has 4 nitrogen and oxygen atoms in total. The number of halogens is 1. The smallest absolute Gasteiger partial charge is 0.319 e. The number of hydrogen-bond donors (Lipinski definition) is 2. The van der Waals surface area contributed by atoms with Crippen molar-refractivity contribution in [3.8, 4) is 5.75 Å². The van der Waals surface area contributed by atoms with Crippen LogP contribution in [0.2, 0.25) is 0 Å². The quantitative estimate of drug-likeness (QED) is 0.911. The topological polar surface area (TPSA) is 50.4 Å². The third-order valence-electron chi connectivity index (χ3n) is 3.34. The van der Waals surface area contributed by atoms with Gasteiger partial charge in [-0.05, 0) is 29.8 Å². The summed E-state index contributed by atoms with van der Waals surface area (Å²) in [5.74, 6) is 0.541. The summed E-state index contributed by atoms with van der Waals surface area (Å²) in [6, 6.07) is 11.5. The molecule has 2 N–H and O–H groups in total. The summed E-state index contributed by atoms with van der Waals surface area (Å²) in [5, 5.41) is 5.37. The molecule has 0 fully saturated rings. The zero-order valence-corrected chi connectivity index (χ0v) is 11.4. The molecule has 2 aromatic carbocycles. The Labute approximate surface area is 121 Å². The molecule has 2 amide bonds. The fourth-order valence-electron chi connectivity index (χ4n) is 2.26. The molecule has 108 valence electrons. The molecule has 0 atom stereocenters. The molecular weight excluding hydrogens is 271 g/mol. The zero-order chi connectivity index (χ0) is 14.7. The highest BCUT2D eigenvalue weighted by atomic mass is 19.1. The fraction of sp³-hybridized carbons (Fsp3) is 0.188. The number of carbonyl (C=O) groups excluding carboxylic acids is 1. The van der Waals surface area contributed by atoms with Gasteiger partial charge in [0.15, 0.2) is 0 Å². The monoisotopic (exact) mass is 286 g/mol. The SMILES string of the molecule is O=C(NCc1ccccc1F)Nc1ccc2c(c1)CCO2. The summed E-state index contributed by atoms with van der Waals surface area (Å²) in [4.78, 5) is 11.8. The summed E-state index contributed by atoms with van der Waals surface area (Å²) >= 11 is 0. The van der Waals surface area contributed by atoms with Crippen LogP contribution in [0.3, 0.4) is 0 Å². The second-order valence-corrected chi connectivity index (χ2v) is 4.82. The third-order valence-corrected chi connectivity index (χ3v) is 3.34. The third kappa shape index (κ3) is 3.13. The van der Waals surface area contributed by atoms with Gasteiger partial charge >= 0.3 is 6.03 Å². The molecule has 1 aliphatic rings. The standard InChI is InChI=1S/C16H15FN2O2/c17-14-4-2-1-3-12(14)10-18-16(20)19-13-5-6-15-11(9-13)7-8-21-15/h1-6,9H,7-8,10H2,(H2,18,19,20). The Kier molecular flexibility index (Phi) is 3.73. The zero-order valence-electron chi connectivity index (χ0n) is 11.4. The molecule has 0 aromatic heterocycles. The predicted octanol–water partition coefficient (Wildman–Crippen LogP) is 3.08. The van der Waals surface area contributed by atoms with Crippen molar-refractivity contribution in [2.45, 2.75) is 13.0 Å². The van der Waals surface area contributed by atoms with Crippen molar-refractivity contribution in [3.05, 3.63) is 59.4 Å². The van der Waals surface area contributed by atoms with Gasteiger partial charge in [-0.2, -0.15) is 0 Å². The second kappa shape index (κ2) is 5.83. The number of nitrogens with one attached hydrogen (secondary N) is 2. The maximum Gasteiger partial charge on any atom is 0.319 e. The van der Waals surface area contributed by atoms with Crippen LogP contribution in [-0.4, -0.2) is 12.6 Å². The lowest BCUT2D eigenvalue weighted by atomic mass is 10.1. The molecule has 1 heterocycles. The van der Waals surface area contributed by atoms with Crippen LogP contribution < -0.4 is 15.4 Å². The van der Waals surface area contributed by atoms with E-state index in [1.165, 1.54) is 6.07 Å². The van der Waals surface area contributed by atoms with E-state index in [2.05, 4.69) is 10.6 Å². The minimum Gasteiger partial charge on any atom is -0.493 e. The Bertz CT molecular complexity index is 673. The van der Waals surface area contributed by atoms with E-state index in [9.17, 15) is 9.18 Å². The highest BCUT2D eigenvalue weighted by molar-refractivity contribution is 5.89. The minimum atomic E-state index is -0.364. The average Bonchev–Trinajstić information content (AvgIpc) is 2.94. The summed E-state index contributed by atoms with van der Waals surface area (Å²) < 4.78 is 18.8. The van der Waals surface area contributed by atoms with Crippen molar-refractivity contribution >= 4 is 11.7 Å². The first-order valence-electron chi connectivity index (χ1n) is 6.76. The first kappa shape index (κ1) is 13.4. The molecule has 21 heavy (non-hydrogen) atoms. The van der Waals surface area contributed by atoms with E-state index in [0.29, 0.717) is 17.9 Å². The van der Waals surface area contributed by atoms with Crippen molar-refractivity contribution < 1.29 is 13.9 Å². The summed E-state index contributed by atoms with van der Waals surface area (Å²) in [5.41, 5.74) is 2.24. The maximum atomic E-state index is 13.4. The van der Waals surface area contributed by atoms with E-state index in [1.54, 1.807) is 24.3 Å². The Hall–Kier alpha value is -2.56. The number of hydrogen-bond acceptors (Lipinski definition) is 2. The van der Waals surface area contributed by atoms with Gasteiger partial charge in [-0.3, -0.25) is 0 Å². The van der Waals surface area contributed by atoms with E-state index in [1.807, 2.05) is 12.1 Å². The van der Waals surface area contributed by atoms with Crippen LogP contribution in [0, 0.1) is 5.82 Å². The Balaban J connectivity index is 1.58. The molecule has 1 aliphatic heterocycles. The van der Waals surface area contributed by atoms with E-state index >= 15 is 0 Å². The number of anilines is 1. The highest BCUT2D eigenvalue weighted by Gasteiger charge is 2.13. The molecule has 0 saturated heterocycles. The largest absolute Gasteiger partial charge is 0.493 e. The van der Waals surface area contributed by atoms with Crippen LogP contribution >= 0.6 is 0 Å². The van der Waals surface area contributed by atoms with E-state index in [-0.39, 0.29) is 18.4 Å². The molecule has 0 saturated carbocycles. The molecule has 0 radical (unpaired) electrons. The lowest BCUT2D eigenvalue weighted by molar-refractivity contribution is 0.251. The first-order valence-corrected chi connectivity index (χ1v) is 6.76. The first-order chi connectivity index (χ1) is 10.2. The molecule has 0 bridgehead atoms. The number of rotatable bonds is 3. The molecule has 0 spiro atoms. The number of carbonyl (C=O) groups is 1. The molecule has 0 aliphatic carbocycles. The molecule has 3 rings (SSSR count). The van der Waals surface area contributed by atoms with Crippen molar-refractivity contribution in [1.29, 1.82) is 0 Å². The van der Waals surface area contributed by atoms with Gasteiger partial charge < -0.3 is 15.4 Å². The van der Waals surface area contributed by atoms with Gasteiger partial charge in [0.25, 0.3) is 0 Å². The molecule has 2 aromatic rings. The second-order valence-electron chi connectivity index (χ2n) is 4.82. The summed E-state index contributed by atoms with van der Waals surface area (Å²) in [6.07, 6.45) is 0.849. The van der Waals surface area contributed by atoms with Gasteiger partial charge in [-0.1, -0.05) is 18.2 Å². The average molecular weight is 286 g/mol. The molecule has 5 heteroatoms. The van der Waals surface area contributed by atoms with Crippen LogP contribution in [0.4, 0.5) is 14.9 Å². The van der Waals surface area contributed by atoms with E-state index in [4.69, 9.17) is 4.74 Å². The highest BCUT2D eigenvalue weighted by Crippen LogP contribution is 2.27. The van der Waals surface area contributed by atoms with E-state index in [0.717, 1.165) is 17.7 Å². The van der Waals surface area contributed by atoms with Gasteiger partial charge in [0.2, 0.25) is 0 Å². The van der Waals surface area contributed by atoms with Crippen LogP contribution in [0.5, 0.6) is 5.75 Å². The predicted molar refractivity (Wildman–Crippen MR) is 77.9 cm³/mol. The minimum absolute atomic E-state index is 0.145. The van der Waals surface area contributed by atoms with Crippen molar-refractivity contribution in [2.75, 3.05) is 11.9 Å². The fourth-order valence-corrected chi connectivity index (χ4v) is 2.26. The van der Waals surface area contributed by atoms with Gasteiger partial charge in [-0.15, -0.1) is 0 Å². The Morgan fingerprint density at radius 1 is 1.24 bits per heavy atom. The van der Waals surface area contributed by atoms with Crippen LogP contribution in [0.15, 0.2) is 42.5 Å². The lowest BCUT2D eigenvalue weighted by Crippen LogP contribution is -2.28. The Morgan fingerprint density at radius 2 is 2.10 bits per heavy atom.